The van der Waals surface area contributed by atoms with Gasteiger partial charge in [-0.15, -0.1) is 0 Å². The lowest BCUT2D eigenvalue weighted by molar-refractivity contribution is -0.118. The number of hydrogen-bond acceptors (Lipinski definition) is 4. The van der Waals surface area contributed by atoms with Crippen LogP contribution >= 0.6 is 0 Å². The van der Waals surface area contributed by atoms with E-state index in [1.807, 2.05) is 0 Å². The minimum Gasteiger partial charge on any atom is -0.478 e. The third-order valence-corrected chi connectivity index (χ3v) is 2.41. The number of pyridine rings is 2. The van der Waals surface area contributed by atoms with E-state index in [2.05, 4.69) is 15.3 Å². The van der Waals surface area contributed by atoms with Gasteiger partial charge in [0.05, 0.1) is 5.69 Å². The van der Waals surface area contributed by atoms with E-state index in [4.69, 9.17) is 4.74 Å². The van der Waals surface area contributed by atoms with Crippen molar-refractivity contribution in [3.63, 3.8) is 0 Å². The highest BCUT2D eigenvalue weighted by atomic mass is 16.5. The summed E-state index contributed by atoms with van der Waals surface area (Å²) in [6.07, 6.45) is 4.67. The maximum absolute atomic E-state index is 11.6. The highest BCUT2D eigenvalue weighted by molar-refractivity contribution is 5.91. The van der Waals surface area contributed by atoms with Crippen LogP contribution in [0.3, 0.4) is 0 Å². The number of rotatable bonds is 4. The molecule has 0 aliphatic heterocycles. The lowest BCUT2D eigenvalue weighted by Crippen LogP contribution is -2.22. The normalized spacial score (nSPS) is 9.95. The summed E-state index contributed by atoms with van der Waals surface area (Å²) >= 11 is 0. The zero-order valence-electron chi connectivity index (χ0n) is 10.3. The molecule has 2 rings (SSSR count). The monoisotopic (exact) mass is 259 g/mol. The molecule has 0 fully saturated rings. The van der Waals surface area contributed by atoms with Gasteiger partial charge in [0.1, 0.15) is 0 Å². The van der Waals surface area contributed by atoms with Crippen LogP contribution in [0, 0.1) is 6.92 Å². The maximum Gasteiger partial charge on any atom is 0.262 e. The number of H-pyrrole nitrogens is 1. The number of carbonyl (C=O) groups is 1. The smallest absolute Gasteiger partial charge is 0.262 e. The van der Waals surface area contributed by atoms with E-state index in [0.717, 1.165) is 0 Å². The number of carbonyl (C=O) groups excluding carboxylic acids is 1. The van der Waals surface area contributed by atoms with E-state index in [0.29, 0.717) is 11.4 Å². The Kier molecular flexibility index (Phi) is 3.92. The summed E-state index contributed by atoms with van der Waals surface area (Å²) in [6, 6.07) is 4.68. The van der Waals surface area contributed by atoms with Crippen LogP contribution in [0.4, 0.5) is 5.69 Å². The molecule has 0 atom stereocenters. The Labute approximate surface area is 109 Å². The van der Waals surface area contributed by atoms with Gasteiger partial charge < -0.3 is 15.0 Å². The standard InChI is InChI=1S/C13H13N3O3/c1-9-13(11(17)4-7-15-9)19-8-12(18)16-10-2-5-14-6-3-10/h2-7H,8H2,1H3,(H,15,17)(H,14,16,18). The van der Waals surface area contributed by atoms with Crippen LogP contribution in [0.1, 0.15) is 5.69 Å². The molecule has 2 heterocycles. The van der Waals surface area contributed by atoms with Crippen LogP contribution in [0.25, 0.3) is 0 Å². The quantitative estimate of drug-likeness (QED) is 0.861. The Morgan fingerprint density at radius 2 is 2.11 bits per heavy atom. The average Bonchev–Trinajstić information content (AvgIpc) is 2.39. The van der Waals surface area contributed by atoms with Crippen LogP contribution in [-0.4, -0.2) is 22.5 Å². The molecule has 19 heavy (non-hydrogen) atoms. The molecule has 2 aromatic rings. The molecule has 0 unspecified atom stereocenters. The van der Waals surface area contributed by atoms with Crippen LogP contribution in [0.2, 0.25) is 0 Å². The second-order valence-corrected chi connectivity index (χ2v) is 3.87. The van der Waals surface area contributed by atoms with Gasteiger partial charge in [-0.3, -0.25) is 14.6 Å². The van der Waals surface area contributed by atoms with Gasteiger partial charge >= 0.3 is 0 Å². The summed E-state index contributed by atoms with van der Waals surface area (Å²) in [4.78, 5) is 29.9. The number of hydrogen-bond donors (Lipinski definition) is 2. The zero-order chi connectivity index (χ0) is 13.7. The van der Waals surface area contributed by atoms with Crippen LogP contribution in [0.15, 0.2) is 41.6 Å². The van der Waals surface area contributed by atoms with Crippen LogP contribution in [0.5, 0.6) is 5.75 Å². The summed E-state index contributed by atoms with van der Waals surface area (Å²) in [5.74, 6) is -0.179. The fourth-order valence-electron chi connectivity index (χ4n) is 1.52. The van der Waals surface area contributed by atoms with Gasteiger partial charge in [-0.2, -0.15) is 0 Å². The largest absolute Gasteiger partial charge is 0.478 e. The third-order valence-electron chi connectivity index (χ3n) is 2.41. The summed E-state index contributed by atoms with van der Waals surface area (Å²) < 4.78 is 5.23. The number of anilines is 1. The molecule has 6 heteroatoms. The highest BCUT2D eigenvalue weighted by Crippen LogP contribution is 2.08. The number of amides is 1. The van der Waals surface area contributed by atoms with Crippen molar-refractivity contribution in [1.82, 2.24) is 9.97 Å². The number of nitrogens with zero attached hydrogens (tertiary/aromatic N) is 1. The zero-order valence-corrected chi connectivity index (χ0v) is 10.3. The Hall–Kier alpha value is -2.63. The van der Waals surface area contributed by atoms with Crippen molar-refractivity contribution in [2.75, 3.05) is 11.9 Å². The molecule has 0 aliphatic carbocycles. The number of aromatic nitrogens is 2. The molecular formula is C13H13N3O3. The molecule has 0 bridgehead atoms. The number of nitrogens with one attached hydrogen (secondary N) is 2. The molecule has 0 aliphatic rings. The Balaban J connectivity index is 1.96. The Morgan fingerprint density at radius 3 is 2.79 bits per heavy atom. The molecule has 0 radical (unpaired) electrons. The molecule has 98 valence electrons. The topological polar surface area (TPSA) is 84.1 Å². The van der Waals surface area contributed by atoms with Gasteiger partial charge in [0.15, 0.2) is 12.4 Å². The van der Waals surface area contributed by atoms with E-state index in [1.54, 1.807) is 31.5 Å². The Bertz CT molecular complexity index is 623. The van der Waals surface area contributed by atoms with Crippen molar-refractivity contribution < 1.29 is 9.53 Å². The first-order valence-corrected chi connectivity index (χ1v) is 5.68. The molecule has 0 saturated heterocycles. The van der Waals surface area contributed by atoms with Crippen molar-refractivity contribution in [3.8, 4) is 5.75 Å². The van der Waals surface area contributed by atoms with Gasteiger partial charge in [-0.25, -0.2) is 0 Å². The third kappa shape index (κ3) is 3.41. The predicted octanol–water partition coefficient (Wildman–Crippen LogP) is 1.10. The first kappa shape index (κ1) is 12.8. The van der Waals surface area contributed by atoms with Gasteiger partial charge in [0.2, 0.25) is 5.43 Å². The maximum atomic E-state index is 11.6. The minimum absolute atomic E-state index is 0.160. The summed E-state index contributed by atoms with van der Waals surface area (Å²) in [5, 5.41) is 2.63. The van der Waals surface area contributed by atoms with E-state index >= 15 is 0 Å². The van der Waals surface area contributed by atoms with E-state index in [-0.39, 0.29) is 23.7 Å². The second-order valence-electron chi connectivity index (χ2n) is 3.87. The first-order chi connectivity index (χ1) is 9.16. The van der Waals surface area contributed by atoms with E-state index in [1.165, 1.54) is 12.3 Å². The van der Waals surface area contributed by atoms with Gasteiger partial charge in [0.25, 0.3) is 5.91 Å². The van der Waals surface area contributed by atoms with Crippen molar-refractivity contribution in [2.24, 2.45) is 0 Å². The molecule has 1 amide bonds. The Morgan fingerprint density at radius 1 is 1.37 bits per heavy atom. The summed E-state index contributed by atoms with van der Waals surface area (Å²) in [7, 11) is 0. The molecule has 0 aromatic carbocycles. The van der Waals surface area contributed by atoms with Crippen LogP contribution in [-0.2, 0) is 4.79 Å². The minimum atomic E-state index is -0.339. The molecule has 6 nitrogen and oxygen atoms in total. The van der Waals surface area contributed by atoms with Crippen molar-refractivity contribution in [1.29, 1.82) is 0 Å². The fraction of sp³-hybridized carbons (Fsp3) is 0.154. The summed E-state index contributed by atoms with van der Waals surface area (Å²) in [6.45, 7) is 1.48. The summed E-state index contributed by atoms with van der Waals surface area (Å²) in [5.41, 5.74) is 0.958. The van der Waals surface area contributed by atoms with Crippen LogP contribution < -0.4 is 15.5 Å². The van der Waals surface area contributed by atoms with Gasteiger partial charge in [0, 0.05) is 30.3 Å². The van der Waals surface area contributed by atoms with Crippen molar-refractivity contribution >= 4 is 11.6 Å². The van der Waals surface area contributed by atoms with Gasteiger partial charge in [-0.1, -0.05) is 0 Å². The molecule has 0 saturated carbocycles. The van der Waals surface area contributed by atoms with Crippen molar-refractivity contribution in [2.45, 2.75) is 6.92 Å². The molecule has 2 N–H and O–H groups in total. The lowest BCUT2D eigenvalue weighted by atomic mass is 10.3. The SMILES string of the molecule is Cc1[nH]ccc(=O)c1OCC(=O)Nc1ccncc1. The average molecular weight is 259 g/mol. The lowest BCUT2D eigenvalue weighted by Gasteiger charge is -2.08. The second kappa shape index (κ2) is 5.81. The van der Waals surface area contributed by atoms with E-state index in [9.17, 15) is 9.59 Å². The fourth-order valence-corrected chi connectivity index (χ4v) is 1.52. The van der Waals surface area contributed by atoms with E-state index < -0.39 is 0 Å². The first-order valence-electron chi connectivity index (χ1n) is 5.68. The molecular weight excluding hydrogens is 246 g/mol. The highest BCUT2D eigenvalue weighted by Gasteiger charge is 2.08. The number of aromatic amines is 1. The number of aryl methyl sites for hydroxylation is 1. The number of ether oxygens (including phenoxy) is 1. The van der Waals surface area contributed by atoms with Gasteiger partial charge in [-0.05, 0) is 19.1 Å². The molecule has 0 spiro atoms. The van der Waals surface area contributed by atoms with Crippen molar-refractivity contribution in [3.05, 3.63) is 52.7 Å². The predicted molar refractivity (Wildman–Crippen MR) is 70.2 cm³/mol. The molecule has 2 aromatic heterocycles.